The molecule has 100 valence electrons. The zero-order valence-corrected chi connectivity index (χ0v) is 11.1. The third kappa shape index (κ3) is 3.80. The van der Waals surface area contributed by atoms with Gasteiger partial charge in [-0.1, -0.05) is 30.3 Å². The summed E-state index contributed by atoms with van der Waals surface area (Å²) in [6, 6.07) is 9.89. The number of β-amino-alcohol motifs (C(OH)–C–C–N with tert-alkyl or cyclic N) is 1. The molecular weight excluding hydrogens is 226 g/mol. The van der Waals surface area contributed by atoms with Gasteiger partial charge in [-0.3, -0.25) is 0 Å². The lowest BCUT2D eigenvalue weighted by Crippen LogP contribution is -2.27. The molecule has 0 aliphatic carbocycles. The van der Waals surface area contributed by atoms with Gasteiger partial charge < -0.3 is 14.7 Å². The van der Waals surface area contributed by atoms with Crippen molar-refractivity contribution in [1.29, 1.82) is 0 Å². The van der Waals surface area contributed by atoms with Gasteiger partial charge in [0.05, 0.1) is 12.7 Å². The van der Waals surface area contributed by atoms with Crippen LogP contribution in [0.2, 0.25) is 0 Å². The van der Waals surface area contributed by atoms with Gasteiger partial charge in [-0.25, -0.2) is 0 Å². The Labute approximate surface area is 109 Å². The summed E-state index contributed by atoms with van der Waals surface area (Å²) in [7, 11) is 0. The van der Waals surface area contributed by atoms with Crippen LogP contribution in [0, 0.1) is 5.92 Å². The summed E-state index contributed by atoms with van der Waals surface area (Å²) in [6.45, 7) is 6.53. The summed E-state index contributed by atoms with van der Waals surface area (Å²) in [5.74, 6) is 0.632. The van der Waals surface area contributed by atoms with Crippen LogP contribution in [-0.2, 0) is 4.74 Å². The second kappa shape index (κ2) is 6.88. The number of likely N-dealkylation sites (tertiary alicyclic amines) is 1. The van der Waals surface area contributed by atoms with Crippen LogP contribution in [0.1, 0.15) is 25.0 Å². The number of rotatable bonds is 6. The van der Waals surface area contributed by atoms with Crippen molar-refractivity contribution in [3.05, 3.63) is 35.9 Å². The van der Waals surface area contributed by atoms with Crippen LogP contribution in [0.5, 0.6) is 0 Å². The van der Waals surface area contributed by atoms with Gasteiger partial charge in [0.2, 0.25) is 0 Å². The normalized spacial score (nSPS) is 22.2. The van der Waals surface area contributed by atoms with Crippen molar-refractivity contribution in [3.8, 4) is 0 Å². The Bertz CT molecular complexity index is 342. The molecule has 1 heterocycles. The highest BCUT2D eigenvalue weighted by atomic mass is 16.5. The van der Waals surface area contributed by atoms with E-state index >= 15 is 0 Å². The van der Waals surface area contributed by atoms with Gasteiger partial charge in [0.25, 0.3) is 0 Å². The Morgan fingerprint density at radius 3 is 2.89 bits per heavy atom. The van der Waals surface area contributed by atoms with Crippen molar-refractivity contribution in [2.45, 2.75) is 19.4 Å². The van der Waals surface area contributed by atoms with E-state index in [2.05, 4.69) is 4.90 Å². The van der Waals surface area contributed by atoms with Crippen LogP contribution in [0.15, 0.2) is 30.3 Å². The molecule has 1 aliphatic heterocycles. The Morgan fingerprint density at radius 1 is 1.39 bits per heavy atom. The van der Waals surface area contributed by atoms with Crippen molar-refractivity contribution in [2.75, 3.05) is 32.8 Å². The van der Waals surface area contributed by atoms with Crippen LogP contribution in [-0.4, -0.2) is 42.9 Å². The molecule has 3 heteroatoms. The Kier molecular flexibility index (Phi) is 5.17. The Balaban J connectivity index is 1.77. The molecule has 0 radical (unpaired) electrons. The quantitative estimate of drug-likeness (QED) is 0.838. The van der Waals surface area contributed by atoms with E-state index in [0.29, 0.717) is 5.92 Å². The van der Waals surface area contributed by atoms with Crippen molar-refractivity contribution in [1.82, 2.24) is 4.90 Å². The molecule has 1 aromatic rings. The first-order chi connectivity index (χ1) is 8.79. The van der Waals surface area contributed by atoms with E-state index in [4.69, 9.17) is 4.74 Å². The van der Waals surface area contributed by atoms with Gasteiger partial charge in [0, 0.05) is 19.7 Å². The van der Waals surface area contributed by atoms with E-state index in [-0.39, 0.29) is 6.10 Å². The highest BCUT2D eigenvalue weighted by molar-refractivity contribution is 5.17. The summed E-state index contributed by atoms with van der Waals surface area (Å²) in [5.41, 5.74) is 1.01. The molecule has 18 heavy (non-hydrogen) atoms. The summed E-state index contributed by atoms with van der Waals surface area (Å²) in [6.07, 6.45) is 0.804. The number of ether oxygens (including phenoxy) is 1. The van der Waals surface area contributed by atoms with Crippen LogP contribution >= 0.6 is 0 Å². The minimum atomic E-state index is -0.378. The Hall–Kier alpha value is -0.900. The topological polar surface area (TPSA) is 32.7 Å². The number of nitrogens with zero attached hydrogens (tertiary/aromatic N) is 1. The van der Waals surface area contributed by atoms with Gasteiger partial charge in [-0.05, 0) is 31.4 Å². The van der Waals surface area contributed by atoms with Gasteiger partial charge in [0.1, 0.15) is 0 Å². The maximum atomic E-state index is 10.2. The summed E-state index contributed by atoms with van der Waals surface area (Å²) < 4.78 is 5.47. The summed E-state index contributed by atoms with van der Waals surface area (Å²) in [4.78, 5) is 2.33. The van der Waals surface area contributed by atoms with Crippen LogP contribution in [0.4, 0.5) is 0 Å². The summed E-state index contributed by atoms with van der Waals surface area (Å²) >= 11 is 0. The monoisotopic (exact) mass is 249 g/mol. The van der Waals surface area contributed by atoms with Crippen LogP contribution in [0.25, 0.3) is 0 Å². The van der Waals surface area contributed by atoms with Crippen molar-refractivity contribution >= 4 is 0 Å². The van der Waals surface area contributed by atoms with Crippen LogP contribution in [0.3, 0.4) is 0 Å². The second-order valence-electron chi connectivity index (χ2n) is 5.00. The average Bonchev–Trinajstić information content (AvgIpc) is 2.85. The molecule has 0 spiro atoms. The van der Waals surface area contributed by atoms with Crippen molar-refractivity contribution < 1.29 is 9.84 Å². The molecule has 2 atom stereocenters. The largest absolute Gasteiger partial charge is 0.387 e. The standard InChI is InChI=1S/C15H23NO2/c1-2-18-12-13-8-9-16(10-13)11-15(17)14-6-4-3-5-7-14/h3-7,13,15,17H,2,8-12H2,1H3. The Morgan fingerprint density at radius 2 is 2.17 bits per heavy atom. The molecule has 0 saturated carbocycles. The predicted molar refractivity (Wildman–Crippen MR) is 72.4 cm³/mol. The molecule has 2 unspecified atom stereocenters. The maximum absolute atomic E-state index is 10.2. The fourth-order valence-electron chi connectivity index (χ4n) is 2.52. The van der Waals surface area contributed by atoms with Gasteiger partial charge in [-0.2, -0.15) is 0 Å². The highest BCUT2D eigenvalue weighted by Crippen LogP contribution is 2.20. The maximum Gasteiger partial charge on any atom is 0.0916 e. The van der Waals surface area contributed by atoms with Crippen LogP contribution < -0.4 is 0 Å². The second-order valence-corrected chi connectivity index (χ2v) is 5.00. The zero-order valence-electron chi connectivity index (χ0n) is 11.1. The third-order valence-electron chi connectivity index (χ3n) is 3.54. The average molecular weight is 249 g/mol. The lowest BCUT2D eigenvalue weighted by molar-refractivity contribution is 0.100. The van der Waals surface area contributed by atoms with E-state index in [1.54, 1.807) is 0 Å². The fourth-order valence-corrected chi connectivity index (χ4v) is 2.52. The van der Waals surface area contributed by atoms with Crippen molar-refractivity contribution in [3.63, 3.8) is 0 Å². The lowest BCUT2D eigenvalue weighted by Gasteiger charge is -2.20. The minimum Gasteiger partial charge on any atom is -0.387 e. The zero-order chi connectivity index (χ0) is 12.8. The molecule has 1 N–H and O–H groups in total. The van der Waals surface area contributed by atoms with E-state index in [9.17, 15) is 5.11 Å². The molecule has 2 rings (SSSR count). The number of aliphatic hydroxyl groups is 1. The lowest BCUT2D eigenvalue weighted by atomic mass is 10.1. The van der Waals surface area contributed by atoms with Gasteiger partial charge in [0.15, 0.2) is 0 Å². The molecule has 0 amide bonds. The van der Waals surface area contributed by atoms with E-state index < -0.39 is 0 Å². The SMILES string of the molecule is CCOCC1CCN(CC(O)c2ccccc2)C1. The smallest absolute Gasteiger partial charge is 0.0916 e. The van der Waals surface area contributed by atoms with E-state index in [1.807, 2.05) is 37.3 Å². The van der Waals surface area contributed by atoms with Gasteiger partial charge >= 0.3 is 0 Å². The number of hydrogen-bond donors (Lipinski definition) is 1. The van der Waals surface area contributed by atoms with E-state index in [1.165, 1.54) is 6.42 Å². The first-order valence-electron chi connectivity index (χ1n) is 6.82. The first-order valence-corrected chi connectivity index (χ1v) is 6.82. The number of benzene rings is 1. The van der Waals surface area contributed by atoms with E-state index in [0.717, 1.165) is 38.4 Å². The number of aliphatic hydroxyl groups excluding tert-OH is 1. The predicted octanol–water partition coefficient (Wildman–Crippen LogP) is 2.08. The summed E-state index contributed by atoms with van der Waals surface area (Å²) in [5, 5.41) is 10.2. The minimum absolute atomic E-state index is 0.378. The molecule has 1 saturated heterocycles. The molecule has 0 aromatic heterocycles. The van der Waals surface area contributed by atoms with Gasteiger partial charge in [-0.15, -0.1) is 0 Å². The first kappa shape index (κ1) is 13.5. The molecule has 1 aliphatic rings. The van der Waals surface area contributed by atoms with Crippen molar-refractivity contribution in [2.24, 2.45) is 5.92 Å². The third-order valence-corrected chi connectivity index (χ3v) is 3.54. The molecular formula is C15H23NO2. The molecule has 1 fully saturated rings. The molecule has 3 nitrogen and oxygen atoms in total. The molecule has 1 aromatic carbocycles. The molecule has 0 bridgehead atoms. The number of hydrogen-bond acceptors (Lipinski definition) is 3. The highest BCUT2D eigenvalue weighted by Gasteiger charge is 2.24. The fraction of sp³-hybridized carbons (Fsp3) is 0.600.